The van der Waals surface area contributed by atoms with E-state index < -0.39 is 0 Å². The fourth-order valence-corrected chi connectivity index (χ4v) is 1.91. The van der Waals surface area contributed by atoms with Crippen molar-refractivity contribution in [2.75, 3.05) is 0 Å². The Morgan fingerprint density at radius 3 is 2.67 bits per heavy atom. The number of halogens is 1. The van der Waals surface area contributed by atoms with Gasteiger partial charge >= 0.3 is 0 Å². The Labute approximate surface area is 111 Å². The molecule has 1 aliphatic carbocycles. The molecule has 1 N–H and O–H groups in total. The predicted molar refractivity (Wildman–Crippen MR) is 72.3 cm³/mol. The van der Waals surface area contributed by atoms with Crippen LogP contribution in [0.2, 0.25) is 5.02 Å². The topological polar surface area (TPSA) is 37.8 Å². The summed E-state index contributed by atoms with van der Waals surface area (Å²) < 4.78 is 0. The van der Waals surface area contributed by atoms with Gasteiger partial charge in [0, 0.05) is 22.8 Å². The van der Waals surface area contributed by atoms with Gasteiger partial charge < -0.3 is 5.32 Å². The Morgan fingerprint density at radius 1 is 1.17 bits per heavy atom. The average molecular weight is 260 g/mol. The van der Waals surface area contributed by atoms with Crippen molar-refractivity contribution in [3.8, 4) is 11.3 Å². The summed E-state index contributed by atoms with van der Waals surface area (Å²) >= 11 is 5.88. The zero-order chi connectivity index (χ0) is 12.4. The molecule has 1 aromatic carbocycles. The van der Waals surface area contributed by atoms with Crippen LogP contribution in [0.4, 0.5) is 0 Å². The zero-order valence-corrected chi connectivity index (χ0v) is 10.7. The molecule has 0 radical (unpaired) electrons. The Hall–Kier alpha value is -1.45. The molecule has 1 aliphatic rings. The van der Waals surface area contributed by atoms with Gasteiger partial charge in [0.15, 0.2) is 0 Å². The third-order valence-electron chi connectivity index (χ3n) is 2.97. The molecule has 18 heavy (non-hydrogen) atoms. The summed E-state index contributed by atoms with van der Waals surface area (Å²) in [6, 6.07) is 10.3. The largest absolute Gasteiger partial charge is 0.307 e. The van der Waals surface area contributed by atoms with Gasteiger partial charge in [-0.15, -0.1) is 0 Å². The minimum absolute atomic E-state index is 0.674. The van der Waals surface area contributed by atoms with Gasteiger partial charge in [0.2, 0.25) is 0 Å². The van der Waals surface area contributed by atoms with E-state index >= 15 is 0 Å². The van der Waals surface area contributed by atoms with Crippen LogP contribution in [0, 0.1) is 0 Å². The molecule has 0 amide bonds. The van der Waals surface area contributed by atoms with Crippen molar-refractivity contribution in [3.63, 3.8) is 0 Å². The quantitative estimate of drug-likeness (QED) is 0.917. The number of nitrogens with zero attached hydrogens (tertiary/aromatic N) is 2. The Bertz CT molecular complexity index is 535. The number of benzene rings is 1. The lowest BCUT2D eigenvalue weighted by molar-refractivity contribution is 0.658. The molecular weight excluding hydrogens is 246 g/mol. The highest BCUT2D eigenvalue weighted by Crippen LogP contribution is 2.20. The molecular formula is C14H14ClN3. The van der Waals surface area contributed by atoms with Crippen LogP contribution in [0.15, 0.2) is 36.5 Å². The molecule has 3 rings (SSSR count). The Balaban J connectivity index is 1.78. The van der Waals surface area contributed by atoms with Gasteiger partial charge in [0.25, 0.3) is 0 Å². The van der Waals surface area contributed by atoms with Crippen LogP contribution in [-0.2, 0) is 6.54 Å². The highest BCUT2D eigenvalue weighted by atomic mass is 35.5. The zero-order valence-electron chi connectivity index (χ0n) is 9.94. The van der Waals surface area contributed by atoms with E-state index in [1.54, 1.807) is 6.20 Å². The normalized spacial score (nSPS) is 14.7. The molecule has 3 nitrogen and oxygen atoms in total. The lowest BCUT2D eigenvalue weighted by Crippen LogP contribution is -2.17. The maximum absolute atomic E-state index is 5.88. The maximum atomic E-state index is 5.88. The van der Waals surface area contributed by atoms with Gasteiger partial charge in [-0.1, -0.05) is 23.7 Å². The van der Waals surface area contributed by atoms with Gasteiger partial charge in [-0.05, 0) is 31.0 Å². The van der Waals surface area contributed by atoms with E-state index in [0.29, 0.717) is 6.04 Å². The van der Waals surface area contributed by atoms with Crippen molar-refractivity contribution in [1.82, 2.24) is 15.3 Å². The van der Waals surface area contributed by atoms with Crippen LogP contribution in [0.3, 0.4) is 0 Å². The first-order chi connectivity index (χ1) is 8.81. The van der Waals surface area contributed by atoms with Crippen molar-refractivity contribution in [1.29, 1.82) is 0 Å². The number of hydrogen-bond acceptors (Lipinski definition) is 3. The third-order valence-corrected chi connectivity index (χ3v) is 3.22. The molecule has 0 saturated heterocycles. The molecule has 0 aliphatic heterocycles. The van der Waals surface area contributed by atoms with Crippen LogP contribution in [0.5, 0.6) is 0 Å². The first-order valence-corrected chi connectivity index (χ1v) is 6.50. The Morgan fingerprint density at radius 2 is 1.94 bits per heavy atom. The highest BCUT2D eigenvalue weighted by molar-refractivity contribution is 6.30. The Kier molecular flexibility index (Phi) is 3.26. The van der Waals surface area contributed by atoms with Gasteiger partial charge in [-0.25, -0.2) is 9.97 Å². The predicted octanol–water partition coefficient (Wildman–Crippen LogP) is 3.05. The fourth-order valence-electron chi connectivity index (χ4n) is 1.79. The molecule has 0 spiro atoms. The molecule has 1 saturated carbocycles. The van der Waals surface area contributed by atoms with Crippen LogP contribution in [0.1, 0.15) is 18.7 Å². The lowest BCUT2D eigenvalue weighted by atomic mass is 10.1. The summed E-state index contributed by atoms with van der Waals surface area (Å²) in [5, 5.41) is 4.15. The summed E-state index contributed by atoms with van der Waals surface area (Å²) in [5.74, 6) is 0.842. The molecule has 0 unspecified atom stereocenters. The molecule has 0 atom stereocenters. The number of aromatic nitrogens is 2. The van der Waals surface area contributed by atoms with E-state index in [4.69, 9.17) is 11.6 Å². The molecule has 1 heterocycles. The number of nitrogens with one attached hydrogen (secondary N) is 1. The van der Waals surface area contributed by atoms with Crippen molar-refractivity contribution in [3.05, 3.63) is 47.4 Å². The van der Waals surface area contributed by atoms with Crippen molar-refractivity contribution in [2.45, 2.75) is 25.4 Å². The first-order valence-electron chi connectivity index (χ1n) is 6.12. The van der Waals surface area contributed by atoms with E-state index in [9.17, 15) is 0 Å². The van der Waals surface area contributed by atoms with Crippen LogP contribution in [0.25, 0.3) is 11.3 Å². The van der Waals surface area contributed by atoms with E-state index in [1.165, 1.54) is 12.8 Å². The first kappa shape index (κ1) is 11.6. The summed E-state index contributed by atoms with van der Waals surface area (Å²) in [7, 11) is 0. The number of hydrogen-bond donors (Lipinski definition) is 1. The second-order valence-electron chi connectivity index (χ2n) is 4.52. The standard InChI is InChI=1S/C14H14ClN3/c15-11-3-1-10(2-4-11)13-7-8-16-14(18-13)9-17-12-5-6-12/h1-4,7-8,12,17H,5-6,9H2. The monoisotopic (exact) mass is 259 g/mol. The van der Waals surface area contributed by atoms with E-state index in [1.807, 2.05) is 30.3 Å². The van der Waals surface area contributed by atoms with Gasteiger partial charge in [-0.3, -0.25) is 0 Å². The molecule has 2 aromatic rings. The molecule has 1 fully saturated rings. The molecule has 4 heteroatoms. The van der Waals surface area contributed by atoms with Crippen LogP contribution < -0.4 is 5.32 Å². The van der Waals surface area contributed by atoms with E-state index in [2.05, 4.69) is 15.3 Å². The molecule has 92 valence electrons. The minimum Gasteiger partial charge on any atom is -0.307 e. The van der Waals surface area contributed by atoms with Gasteiger partial charge in [-0.2, -0.15) is 0 Å². The SMILES string of the molecule is Clc1ccc(-c2ccnc(CNC3CC3)n2)cc1. The fraction of sp³-hybridized carbons (Fsp3) is 0.286. The average Bonchev–Trinajstić information content (AvgIpc) is 3.22. The minimum atomic E-state index is 0.674. The second kappa shape index (κ2) is 5.04. The summed E-state index contributed by atoms with van der Waals surface area (Å²) in [4.78, 5) is 8.84. The lowest BCUT2D eigenvalue weighted by Gasteiger charge is -2.05. The van der Waals surface area contributed by atoms with Gasteiger partial charge in [0.1, 0.15) is 5.82 Å². The third kappa shape index (κ3) is 2.86. The van der Waals surface area contributed by atoms with Gasteiger partial charge in [0.05, 0.1) is 12.2 Å². The maximum Gasteiger partial charge on any atom is 0.142 e. The highest BCUT2D eigenvalue weighted by Gasteiger charge is 2.20. The second-order valence-corrected chi connectivity index (χ2v) is 4.96. The number of rotatable bonds is 4. The van der Waals surface area contributed by atoms with Crippen molar-refractivity contribution in [2.24, 2.45) is 0 Å². The smallest absolute Gasteiger partial charge is 0.142 e. The van der Waals surface area contributed by atoms with E-state index in [0.717, 1.165) is 28.6 Å². The van der Waals surface area contributed by atoms with Crippen molar-refractivity contribution < 1.29 is 0 Å². The van der Waals surface area contributed by atoms with Crippen molar-refractivity contribution >= 4 is 11.6 Å². The molecule has 1 aromatic heterocycles. The molecule has 0 bridgehead atoms. The summed E-state index contributed by atoms with van der Waals surface area (Å²) in [5.41, 5.74) is 2.00. The van der Waals surface area contributed by atoms with Crippen LogP contribution >= 0.6 is 11.6 Å². The van der Waals surface area contributed by atoms with Crippen LogP contribution in [-0.4, -0.2) is 16.0 Å². The summed E-state index contributed by atoms with van der Waals surface area (Å²) in [6.45, 7) is 0.742. The summed E-state index contributed by atoms with van der Waals surface area (Å²) in [6.07, 6.45) is 4.36. The van der Waals surface area contributed by atoms with E-state index in [-0.39, 0.29) is 0 Å².